The van der Waals surface area contributed by atoms with Gasteiger partial charge in [0.25, 0.3) is 5.91 Å². The maximum Gasteiger partial charge on any atom is 0.305 e. The number of halogens is 1. The third-order valence-corrected chi connectivity index (χ3v) is 3.63. The van der Waals surface area contributed by atoms with E-state index in [4.69, 9.17) is 5.11 Å². The van der Waals surface area contributed by atoms with Crippen molar-refractivity contribution >= 4 is 17.4 Å². The molecule has 0 fully saturated rings. The smallest absolute Gasteiger partial charge is 0.305 e. The van der Waals surface area contributed by atoms with E-state index in [0.29, 0.717) is 16.6 Å². The number of hydrogen-bond acceptors (Lipinski definition) is 3. The number of pyridine rings is 1. The highest BCUT2D eigenvalue weighted by molar-refractivity contribution is 6.00. The van der Waals surface area contributed by atoms with E-state index in [9.17, 15) is 14.0 Å². The van der Waals surface area contributed by atoms with Crippen LogP contribution in [-0.2, 0) is 4.79 Å². The number of fused-ring (bicyclic) bond motifs is 1. The van der Waals surface area contributed by atoms with Crippen LogP contribution in [0.25, 0.3) is 5.52 Å². The van der Waals surface area contributed by atoms with Gasteiger partial charge in [-0.2, -0.15) is 5.10 Å². The van der Waals surface area contributed by atoms with Crippen LogP contribution in [0.3, 0.4) is 0 Å². The molecule has 1 unspecified atom stereocenters. The summed E-state index contributed by atoms with van der Waals surface area (Å²) in [4.78, 5) is 23.6. The molecule has 0 saturated carbocycles. The average Bonchev–Trinajstić information content (AvgIpc) is 2.98. The molecule has 24 heavy (non-hydrogen) atoms. The summed E-state index contributed by atoms with van der Waals surface area (Å²) in [5.41, 5.74) is 1.47. The summed E-state index contributed by atoms with van der Waals surface area (Å²) in [6.45, 7) is 0. The van der Waals surface area contributed by atoms with Gasteiger partial charge in [-0.05, 0) is 29.8 Å². The molecular formula is C17H14FN3O3. The Labute approximate surface area is 136 Å². The number of amides is 1. The van der Waals surface area contributed by atoms with Crippen molar-refractivity contribution < 1.29 is 19.1 Å². The van der Waals surface area contributed by atoms with Gasteiger partial charge in [-0.15, -0.1) is 0 Å². The predicted molar refractivity (Wildman–Crippen MR) is 84.1 cm³/mol. The van der Waals surface area contributed by atoms with Gasteiger partial charge in [0, 0.05) is 6.20 Å². The molecule has 2 heterocycles. The van der Waals surface area contributed by atoms with Crippen molar-refractivity contribution in [1.82, 2.24) is 14.9 Å². The molecule has 2 aromatic heterocycles. The molecular weight excluding hydrogens is 313 g/mol. The number of rotatable bonds is 5. The number of carbonyl (C=O) groups is 2. The lowest BCUT2D eigenvalue weighted by atomic mass is 10.0. The van der Waals surface area contributed by atoms with E-state index < -0.39 is 23.7 Å². The highest BCUT2D eigenvalue weighted by atomic mass is 19.1. The molecule has 1 atom stereocenters. The van der Waals surface area contributed by atoms with Crippen LogP contribution in [-0.4, -0.2) is 26.6 Å². The maximum atomic E-state index is 13.1. The third kappa shape index (κ3) is 3.24. The average molecular weight is 327 g/mol. The molecule has 0 aliphatic heterocycles. The summed E-state index contributed by atoms with van der Waals surface area (Å²) in [6.07, 6.45) is 2.82. The van der Waals surface area contributed by atoms with Crippen molar-refractivity contribution in [3.8, 4) is 0 Å². The first-order valence-corrected chi connectivity index (χ1v) is 7.25. The third-order valence-electron chi connectivity index (χ3n) is 3.63. The van der Waals surface area contributed by atoms with Crippen LogP contribution < -0.4 is 5.32 Å². The Morgan fingerprint density at radius 1 is 1.21 bits per heavy atom. The molecule has 3 rings (SSSR count). The van der Waals surface area contributed by atoms with Gasteiger partial charge in [0.1, 0.15) is 5.82 Å². The van der Waals surface area contributed by atoms with Gasteiger partial charge in [-0.1, -0.05) is 18.2 Å². The van der Waals surface area contributed by atoms with Gasteiger partial charge in [0.15, 0.2) is 0 Å². The highest BCUT2D eigenvalue weighted by Gasteiger charge is 2.21. The first kappa shape index (κ1) is 15.7. The Hall–Kier alpha value is -3.22. The molecule has 1 aromatic carbocycles. The fraction of sp³-hybridized carbons (Fsp3) is 0.118. The maximum absolute atomic E-state index is 13.1. The van der Waals surface area contributed by atoms with Crippen molar-refractivity contribution in [1.29, 1.82) is 0 Å². The van der Waals surface area contributed by atoms with Gasteiger partial charge in [0.2, 0.25) is 0 Å². The largest absolute Gasteiger partial charge is 0.481 e. The van der Waals surface area contributed by atoms with E-state index in [-0.39, 0.29) is 6.42 Å². The molecule has 7 heteroatoms. The van der Waals surface area contributed by atoms with E-state index in [1.54, 1.807) is 28.9 Å². The lowest BCUT2D eigenvalue weighted by Gasteiger charge is -2.17. The van der Waals surface area contributed by atoms with Crippen LogP contribution in [0, 0.1) is 5.82 Å². The van der Waals surface area contributed by atoms with Gasteiger partial charge in [-0.3, -0.25) is 9.59 Å². The number of carboxylic acids is 1. The van der Waals surface area contributed by atoms with Crippen molar-refractivity contribution in [3.05, 3.63) is 71.8 Å². The minimum atomic E-state index is -1.07. The van der Waals surface area contributed by atoms with Crippen LogP contribution in [0.4, 0.5) is 4.39 Å². The number of nitrogens with one attached hydrogen (secondary N) is 1. The predicted octanol–water partition coefficient (Wildman–Crippen LogP) is 2.42. The summed E-state index contributed by atoms with van der Waals surface area (Å²) in [6, 6.07) is 9.91. The van der Waals surface area contributed by atoms with Crippen LogP contribution in [0.2, 0.25) is 0 Å². The molecule has 2 N–H and O–H groups in total. The fourth-order valence-electron chi connectivity index (χ4n) is 2.47. The molecule has 0 bridgehead atoms. The summed E-state index contributed by atoms with van der Waals surface area (Å²) in [5.74, 6) is -1.93. The van der Waals surface area contributed by atoms with Crippen LogP contribution in [0.5, 0.6) is 0 Å². The Bertz CT molecular complexity index is 889. The summed E-state index contributed by atoms with van der Waals surface area (Å²) < 4.78 is 14.6. The molecule has 122 valence electrons. The normalized spacial score (nSPS) is 12.0. The van der Waals surface area contributed by atoms with Crippen molar-refractivity contribution in [2.75, 3.05) is 0 Å². The standard InChI is InChI=1S/C17H14FN3O3/c18-12-6-4-11(5-7-12)14(9-16(22)23)20-17(24)13-10-19-21-8-2-1-3-15(13)21/h1-8,10,14H,9H2,(H,20,24)(H,22,23). The zero-order chi connectivity index (χ0) is 17.1. The molecule has 6 nitrogen and oxygen atoms in total. The lowest BCUT2D eigenvalue weighted by Crippen LogP contribution is -2.30. The molecule has 0 saturated heterocycles. The first-order chi connectivity index (χ1) is 11.5. The SMILES string of the molecule is O=C(O)CC(NC(=O)c1cnn2ccccc12)c1ccc(F)cc1. The zero-order valence-corrected chi connectivity index (χ0v) is 12.5. The second kappa shape index (κ2) is 6.49. The van der Waals surface area contributed by atoms with E-state index >= 15 is 0 Å². The second-order valence-electron chi connectivity index (χ2n) is 5.26. The van der Waals surface area contributed by atoms with Crippen molar-refractivity contribution in [3.63, 3.8) is 0 Å². The van der Waals surface area contributed by atoms with E-state index in [1.165, 1.54) is 30.5 Å². The summed E-state index contributed by atoms with van der Waals surface area (Å²) in [5, 5.41) is 15.8. The molecule has 0 aliphatic rings. The molecule has 3 aromatic rings. The van der Waals surface area contributed by atoms with Gasteiger partial charge >= 0.3 is 5.97 Å². The zero-order valence-electron chi connectivity index (χ0n) is 12.5. The number of aromatic nitrogens is 2. The molecule has 1 amide bonds. The number of nitrogens with zero attached hydrogens (tertiary/aromatic N) is 2. The van der Waals surface area contributed by atoms with Crippen LogP contribution in [0.15, 0.2) is 54.9 Å². The van der Waals surface area contributed by atoms with Crippen molar-refractivity contribution in [2.24, 2.45) is 0 Å². The first-order valence-electron chi connectivity index (χ1n) is 7.25. The van der Waals surface area contributed by atoms with E-state index in [0.717, 1.165) is 0 Å². The van der Waals surface area contributed by atoms with E-state index in [2.05, 4.69) is 10.4 Å². The Kier molecular flexibility index (Phi) is 4.24. The van der Waals surface area contributed by atoms with Gasteiger partial charge < -0.3 is 10.4 Å². The van der Waals surface area contributed by atoms with E-state index in [1.807, 2.05) is 0 Å². The number of benzene rings is 1. The van der Waals surface area contributed by atoms with Crippen molar-refractivity contribution in [2.45, 2.75) is 12.5 Å². The quantitative estimate of drug-likeness (QED) is 0.754. The number of carboxylic acid groups (broad SMARTS) is 1. The molecule has 0 spiro atoms. The monoisotopic (exact) mass is 327 g/mol. The Morgan fingerprint density at radius 3 is 2.67 bits per heavy atom. The minimum absolute atomic E-state index is 0.309. The number of aliphatic carboxylic acids is 1. The summed E-state index contributed by atoms with van der Waals surface area (Å²) >= 11 is 0. The number of carbonyl (C=O) groups excluding carboxylic acids is 1. The van der Waals surface area contributed by atoms with Gasteiger partial charge in [0.05, 0.1) is 29.7 Å². The van der Waals surface area contributed by atoms with Crippen LogP contribution in [0.1, 0.15) is 28.4 Å². The minimum Gasteiger partial charge on any atom is -0.481 e. The summed E-state index contributed by atoms with van der Waals surface area (Å²) in [7, 11) is 0. The number of hydrogen-bond donors (Lipinski definition) is 2. The lowest BCUT2D eigenvalue weighted by molar-refractivity contribution is -0.137. The molecule has 0 aliphatic carbocycles. The topological polar surface area (TPSA) is 83.7 Å². The molecule has 0 radical (unpaired) electrons. The Balaban J connectivity index is 1.87. The van der Waals surface area contributed by atoms with Gasteiger partial charge in [-0.25, -0.2) is 8.91 Å². The second-order valence-corrected chi connectivity index (χ2v) is 5.26. The fourth-order valence-corrected chi connectivity index (χ4v) is 2.47. The highest BCUT2D eigenvalue weighted by Crippen LogP contribution is 2.19. The van der Waals surface area contributed by atoms with Crippen LogP contribution >= 0.6 is 0 Å². The Morgan fingerprint density at radius 2 is 1.96 bits per heavy atom.